The predicted octanol–water partition coefficient (Wildman–Crippen LogP) is 2.33. The molecule has 0 amide bonds. The molecule has 1 aromatic carbocycles. The Morgan fingerprint density at radius 3 is 2.81 bits per heavy atom. The Morgan fingerprint density at radius 2 is 2.14 bits per heavy atom. The molecule has 1 atom stereocenters. The van der Waals surface area contributed by atoms with Gasteiger partial charge in [-0.1, -0.05) is 6.92 Å². The van der Waals surface area contributed by atoms with Crippen LogP contribution >= 0.6 is 0 Å². The third-order valence-corrected chi connectivity index (χ3v) is 3.38. The Labute approximate surface area is 125 Å². The first-order valence-electron chi connectivity index (χ1n) is 7.10. The lowest BCUT2D eigenvalue weighted by molar-refractivity contribution is 0.394. The number of ether oxygens (including phenoxy) is 2. The molecule has 0 aliphatic heterocycles. The molecular weight excluding hydrogens is 266 g/mol. The summed E-state index contributed by atoms with van der Waals surface area (Å²) in [5, 5.41) is 3.47. The first kappa shape index (κ1) is 15.4. The third-order valence-electron chi connectivity index (χ3n) is 3.38. The second kappa shape index (κ2) is 7.69. The maximum absolute atomic E-state index is 5.38. The predicted molar refractivity (Wildman–Crippen MR) is 82.6 cm³/mol. The van der Waals surface area contributed by atoms with Crippen LogP contribution in [0.15, 0.2) is 36.9 Å². The maximum atomic E-state index is 5.38. The number of nitrogens with zero attached hydrogens (tertiary/aromatic N) is 2. The highest BCUT2D eigenvalue weighted by Crippen LogP contribution is 2.23. The second-order valence-electron chi connectivity index (χ2n) is 5.17. The highest BCUT2D eigenvalue weighted by Gasteiger charge is 2.07. The standard InChI is InChI=1S/C16H23N3O2/c1-13(11-19-7-6-17-12-19)9-18-10-14-8-15(20-2)4-5-16(14)21-3/h4-8,12-13,18H,9-11H2,1-3H3. The molecular formula is C16H23N3O2. The van der Waals surface area contributed by atoms with Crippen LogP contribution in [-0.2, 0) is 13.1 Å². The molecule has 114 valence electrons. The van der Waals surface area contributed by atoms with Gasteiger partial charge in [0.2, 0.25) is 0 Å². The van der Waals surface area contributed by atoms with Crippen LogP contribution in [-0.4, -0.2) is 30.3 Å². The van der Waals surface area contributed by atoms with E-state index in [0.29, 0.717) is 5.92 Å². The molecule has 5 heteroatoms. The molecule has 0 spiro atoms. The zero-order chi connectivity index (χ0) is 15.1. The van der Waals surface area contributed by atoms with E-state index in [0.717, 1.165) is 36.7 Å². The van der Waals surface area contributed by atoms with Crippen molar-refractivity contribution in [1.82, 2.24) is 14.9 Å². The topological polar surface area (TPSA) is 48.3 Å². The van der Waals surface area contributed by atoms with E-state index in [2.05, 4.69) is 21.8 Å². The summed E-state index contributed by atoms with van der Waals surface area (Å²) in [4.78, 5) is 4.06. The summed E-state index contributed by atoms with van der Waals surface area (Å²) in [6, 6.07) is 5.85. The molecule has 0 saturated heterocycles. The van der Waals surface area contributed by atoms with E-state index < -0.39 is 0 Å². The fraction of sp³-hybridized carbons (Fsp3) is 0.438. The largest absolute Gasteiger partial charge is 0.497 e. The van der Waals surface area contributed by atoms with Gasteiger partial charge in [0.05, 0.1) is 20.5 Å². The molecule has 0 radical (unpaired) electrons. The van der Waals surface area contributed by atoms with Gasteiger partial charge in [-0.2, -0.15) is 0 Å². The fourth-order valence-electron chi connectivity index (χ4n) is 2.29. The summed E-state index contributed by atoms with van der Waals surface area (Å²) in [6.07, 6.45) is 5.64. The SMILES string of the molecule is COc1ccc(OC)c(CNCC(C)Cn2ccnc2)c1. The maximum Gasteiger partial charge on any atom is 0.123 e. The van der Waals surface area contributed by atoms with Gasteiger partial charge >= 0.3 is 0 Å². The summed E-state index contributed by atoms with van der Waals surface area (Å²) in [5.41, 5.74) is 1.10. The van der Waals surface area contributed by atoms with Crippen LogP contribution in [0.3, 0.4) is 0 Å². The van der Waals surface area contributed by atoms with Crippen LogP contribution in [0.4, 0.5) is 0 Å². The Kier molecular flexibility index (Phi) is 5.63. The molecule has 2 rings (SSSR count). The monoisotopic (exact) mass is 289 g/mol. The van der Waals surface area contributed by atoms with Crippen molar-refractivity contribution in [2.45, 2.75) is 20.0 Å². The van der Waals surface area contributed by atoms with Crippen LogP contribution in [0, 0.1) is 5.92 Å². The molecule has 0 bridgehead atoms. The number of hydrogen-bond donors (Lipinski definition) is 1. The first-order chi connectivity index (χ1) is 10.2. The number of imidazole rings is 1. The number of benzene rings is 1. The second-order valence-corrected chi connectivity index (χ2v) is 5.17. The molecule has 1 unspecified atom stereocenters. The zero-order valence-corrected chi connectivity index (χ0v) is 12.9. The molecule has 0 fully saturated rings. The van der Waals surface area contributed by atoms with E-state index in [-0.39, 0.29) is 0 Å². The van der Waals surface area contributed by atoms with Crippen LogP contribution < -0.4 is 14.8 Å². The van der Waals surface area contributed by atoms with Gasteiger partial charge < -0.3 is 19.4 Å². The number of nitrogens with one attached hydrogen (secondary N) is 1. The molecule has 2 aromatic rings. The van der Waals surface area contributed by atoms with E-state index in [1.54, 1.807) is 20.4 Å². The molecule has 5 nitrogen and oxygen atoms in total. The molecule has 21 heavy (non-hydrogen) atoms. The molecule has 1 N–H and O–H groups in total. The van der Waals surface area contributed by atoms with Gasteiger partial charge in [0.1, 0.15) is 11.5 Å². The average molecular weight is 289 g/mol. The van der Waals surface area contributed by atoms with Crippen molar-refractivity contribution in [3.8, 4) is 11.5 Å². The van der Waals surface area contributed by atoms with Crippen molar-refractivity contribution in [2.24, 2.45) is 5.92 Å². The van der Waals surface area contributed by atoms with Crippen molar-refractivity contribution < 1.29 is 9.47 Å². The third kappa shape index (κ3) is 4.49. The van der Waals surface area contributed by atoms with Crippen LogP contribution in [0.25, 0.3) is 0 Å². The highest BCUT2D eigenvalue weighted by molar-refractivity contribution is 5.40. The molecule has 0 saturated carbocycles. The molecule has 0 aliphatic rings. The quantitative estimate of drug-likeness (QED) is 0.810. The number of aromatic nitrogens is 2. The summed E-state index contributed by atoms with van der Waals surface area (Å²) >= 11 is 0. The van der Waals surface area contributed by atoms with Crippen molar-refractivity contribution in [2.75, 3.05) is 20.8 Å². The Bertz CT molecular complexity index is 540. The van der Waals surface area contributed by atoms with E-state index in [1.807, 2.05) is 30.7 Å². The van der Waals surface area contributed by atoms with Crippen LogP contribution in [0.1, 0.15) is 12.5 Å². The smallest absolute Gasteiger partial charge is 0.123 e. The summed E-state index contributed by atoms with van der Waals surface area (Å²) in [7, 11) is 3.36. The van der Waals surface area contributed by atoms with Gasteiger partial charge in [-0.05, 0) is 30.7 Å². The van der Waals surface area contributed by atoms with Crippen molar-refractivity contribution >= 4 is 0 Å². The first-order valence-corrected chi connectivity index (χ1v) is 7.10. The molecule has 0 aliphatic carbocycles. The van der Waals surface area contributed by atoms with Gasteiger partial charge in [-0.15, -0.1) is 0 Å². The average Bonchev–Trinajstić information content (AvgIpc) is 3.00. The summed E-state index contributed by atoms with van der Waals surface area (Å²) in [6.45, 7) is 4.87. The van der Waals surface area contributed by atoms with E-state index >= 15 is 0 Å². The molecule has 1 aromatic heterocycles. The van der Waals surface area contributed by atoms with Gasteiger partial charge in [-0.25, -0.2) is 4.98 Å². The van der Waals surface area contributed by atoms with Gasteiger partial charge in [-0.3, -0.25) is 0 Å². The summed E-state index contributed by atoms with van der Waals surface area (Å²) < 4.78 is 12.7. The summed E-state index contributed by atoms with van der Waals surface area (Å²) in [5.74, 6) is 2.25. The van der Waals surface area contributed by atoms with Gasteiger partial charge in [0.25, 0.3) is 0 Å². The Balaban J connectivity index is 1.84. The fourth-order valence-corrected chi connectivity index (χ4v) is 2.29. The van der Waals surface area contributed by atoms with E-state index in [4.69, 9.17) is 9.47 Å². The lowest BCUT2D eigenvalue weighted by Gasteiger charge is -2.15. The minimum atomic E-state index is 0.524. The van der Waals surface area contributed by atoms with Crippen LogP contribution in [0.2, 0.25) is 0 Å². The minimum absolute atomic E-state index is 0.524. The van der Waals surface area contributed by atoms with Gasteiger partial charge in [0.15, 0.2) is 0 Å². The van der Waals surface area contributed by atoms with Gasteiger partial charge in [0, 0.05) is 31.0 Å². The highest BCUT2D eigenvalue weighted by atomic mass is 16.5. The molecule has 1 heterocycles. The number of methoxy groups -OCH3 is 2. The van der Waals surface area contributed by atoms with E-state index in [1.165, 1.54) is 0 Å². The number of rotatable bonds is 8. The van der Waals surface area contributed by atoms with Crippen molar-refractivity contribution in [1.29, 1.82) is 0 Å². The van der Waals surface area contributed by atoms with Crippen LogP contribution in [0.5, 0.6) is 11.5 Å². The minimum Gasteiger partial charge on any atom is -0.497 e. The van der Waals surface area contributed by atoms with Crippen molar-refractivity contribution in [3.05, 3.63) is 42.5 Å². The van der Waals surface area contributed by atoms with Crippen molar-refractivity contribution in [3.63, 3.8) is 0 Å². The number of hydrogen-bond acceptors (Lipinski definition) is 4. The zero-order valence-electron chi connectivity index (χ0n) is 12.9. The Morgan fingerprint density at radius 1 is 1.29 bits per heavy atom. The van der Waals surface area contributed by atoms with E-state index in [9.17, 15) is 0 Å². The normalized spacial score (nSPS) is 12.1. The lowest BCUT2D eigenvalue weighted by atomic mass is 10.1. The Hall–Kier alpha value is -2.01. The lowest BCUT2D eigenvalue weighted by Crippen LogP contribution is -2.23.